The molecular weight excluding hydrogens is 280 g/mol. The third-order valence-electron chi connectivity index (χ3n) is 3.61. The van der Waals surface area contributed by atoms with Crippen molar-refractivity contribution in [2.45, 2.75) is 31.7 Å². The minimum absolute atomic E-state index is 0.0133. The first-order valence-electron chi connectivity index (χ1n) is 5.75. The van der Waals surface area contributed by atoms with Gasteiger partial charge in [-0.3, -0.25) is 4.79 Å². The van der Waals surface area contributed by atoms with E-state index in [2.05, 4.69) is 38.4 Å². The average molecular weight is 293 g/mol. The van der Waals surface area contributed by atoms with Crippen molar-refractivity contribution in [1.29, 1.82) is 0 Å². The Labute approximate surface area is 108 Å². The molecule has 0 aromatic heterocycles. The maximum Gasteiger partial charge on any atom is 0.273 e. The molecule has 1 aromatic carbocycles. The summed E-state index contributed by atoms with van der Waals surface area (Å²) in [7, 11) is 0. The number of carbonyl (C=O) groups is 1. The third-order valence-corrected chi connectivity index (χ3v) is 4.35. The third kappa shape index (κ3) is 1.62. The van der Waals surface area contributed by atoms with Gasteiger partial charge in [-0.2, -0.15) is 4.99 Å². The molecule has 1 unspecified atom stereocenters. The lowest BCUT2D eigenvalue weighted by Gasteiger charge is -2.33. The molecule has 3 rings (SSSR count). The molecule has 1 N–H and O–H groups in total. The Morgan fingerprint density at radius 2 is 2.29 bits per heavy atom. The van der Waals surface area contributed by atoms with Gasteiger partial charge in [0.05, 0.1) is 0 Å². The van der Waals surface area contributed by atoms with Crippen LogP contribution in [-0.4, -0.2) is 17.3 Å². The number of nitrogens with zero attached hydrogens (tertiary/aromatic N) is 1. The molecular formula is C13H13BrN2O. The van der Waals surface area contributed by atoms with Crippen molar-refractivity contribution in [1.82, 2.24) is 5.32 Å². The minimum atomic E-state index is -0.474. The zero-order chi connectivity index (χ0) is 12.0. The summed E-state index contributed by atoms with van der Waals surface area (Å²) < 4.78 is 1.15. The molecule has 1 spiro atoms. The van der Waals surface area contributed by atoms with Crippen molar-refractivity contribution in [3.63, 3.8) is 0 Å². The van der Waals surface area contributed by atoms with Gasteiger partial charge >= 0.3 is 0 Å². The summed E-state index contributed by atoms with van der Waals surface area (Å²) in [4.78, 5) is 16.0. The second-order valence-electron chi connectivity index (χ2n) is 4.76. The maximum atomic E-state index is 12.0. The topological polar surface area (TPSA) is 41.5 Å². The summed E-state index contributed by atoms with van der Waals surface area (Å²) >= 11 is 3.57. The Hall–Kier alpha value is -1.16. The van der Waals surface area contributed by atoms with E-state index in [4.69, 9.17) is 0 Å². The van der Waals surface area contributed by atoms with Crippen molar-refractivity contribution >= 4 is 27.7 Å². The molecule has 4 heteroatoms. The molecule has 1 aliphatic carbocycles. The Balaban J connectivity index is 1.99. The van der Waals surface area contributed by atoms with E-state index in [1.165, 1.54) is 11.1 Å². The lowest BCUT2D eigenvalue weighted by molar-refractivity contribution is -0.122. The summed E-state index contributed by atoms with van der Waals surface area (Å²) in [5, 5.41) is 3.26. The number of rotatable bonds is 0. The van der Waals surface area contributed by atoms with Gasteiger partial charge in [0.15, 0.2) is 0 Å². The van der Waals surface area contributed by atoms with Crippen LogP contribution in [0.2, 0.25) is 0 Å². The fourth-order valence-corrected chi connectivity index (χ4v) is 3.38. The van der Waals surface area contributed by atoms with Crippen LogP contribution in [-0.2, 0) is 17.6 Å². The van der Waals surface area contributed by atoms with E-state index in [-0.39, 0.29) is 5.91 Å². The Kier molecular flexibility index (Phi) is 2.36. The van der Waals surface area contributed by atoms with E-state index in [9.17, 15) is 4.79 Å². The van der Waals surface area contributed by atoms with Gasteiger partial charge in [-0.1, -0.05) is 28.1 Å². The van der Waals surface area contributed by atoms with E-state index in [1.54, 1.807) is 0 Å². The number of nitrogens with one attached hydrogen (secondary N) is 1. The summed E-state index contributed by atoms with van der Waals surface area (Å²) in [6, 6.07) is 6.18. The molecule has 17 heavy (non-hydrogen) atoms. The molecule has 1 atom stereocenters. The summed E-state index contributed by atoms with van der Waals surface area (Å²) in [5.74, 6) is 0.731. The van der Waals surface area contributed by atoms with Crippen molar-refractivity contribution in [2.24, 2.45) is 4.99 Å². The van der Waals surface area contributed by atoms with Crippen LogP contribution in [0.1, 0.15) is 24.5 Å². The molecule has 3 nitrogen and oxygen atoms in total. The van der Waals surface area contributed by atoms with Gasteiger partial charge in [0, 0.05) is 10.9 Å². The first-order chi connectivity index (χ1) is 8.11. The Bertz CT molecular complexity index is 538. The number of amides is 1. The van der Waals surface area contributed by atoms with Crippen LogP contribution in [0.3, 0.4) is 0 Å². The summed E-state index contributed by atoms with van der Waals surface area (Å²) in [6.07, 6.45) is 2.47. The largest absolute Gasteiger partial charge is 0.359 e. The molecule has 0 saturated heterocycles. The van der Waals surface area contributed by atoms with Gasteiger partial charge < -0.3 is 5.32 Å². The highest BCUT2D eigenvalue weighted by Gasteiger charge is 2.45. The van der Waals surface area contributed by atoms with Gasteiger partial charge in [-0.15, -0.1) is 0 Å². The molecule has 0 saturated carbocycles. The predicted molar refractivity (Wildman–Crippen MR) is 70.1 cm³/mol. The number of halogens is 1. The number of carbonyl (C=O) groups excluding carboxylic acids is 1. The van der Waals surface area contributed by atoms with Crippen LogP contribution >= 0.6 is 15.9 Å². The maximum absolute atomic E-state index is 12.0. The summed E-state index contributed by atoms with van der Waals surface area (Å²) in [6.45, 7) is 1.85. The highest BCUT2D eigenvalue weighted by molar-refractivity contribution is 9.10. The standard InChI is InChI=1S/C13H13BrN2O/c1-8-15-12(17)13(16-8)6-5-10-9(7-13)3-2-4-11(10)14/h2-4H,5-7H2,1H3,(H,15,16,17). The van der Waals surface area contributed by atoms with Crippen LogP contribution in [0.4, 0.5) is 0 Å². The fourth-order valence-electron chi connectivity index (χ4n) is 2.78. The van der Waals surface area contributed by atoms with Crippen molar-refractivity contribution in [3.05, 3.63) is 33.8 Å². The van der Waals surface area contributed by atoms with Crippen molar-refractivity contribution in [3.8, 4) is 0 Å². The monoisotopic (exact) mass is 292 g/mol. The zero-order valence-corrected chi connectivity index (χ0v) is 11.2. The van der Waals surface area contributed by atoms with Gasteiger partial charge in [0.2, 0.25) is 0 Å². The second-order valence-corrected chi connectivity index (χ2v) is 5.62. The predicted octanol–water partition coefficient (Wildman–Crippen LogP) is 2.22. The normalized spacial score (nSPS) is 26.7. The van der Waals surface area contributed by atoms with Crippen LogP contribution in [0, 0.1) is 0 Å². The number of fused-ring (bicyclic) bond motifs is 1. The van der Waals surface area contributed by atoms with Crippen molar-refractivity contribution in [2.75, 3.05) is 0 Å². The van der Waals surface area contributed by atoms with Gasteiger partial charge in [0.1, 0.15) is 11.4 Å². The molecule has 2 aliphatic rings. The molecule has 1 heterocycles. The molecule has 1 amide bonds. The molecule has 0 fully saturated rings. The highest BCUT2D eigenvalue weighted by Crippen LogP contribution is 2.35. The van der Waals surface area contributed by atoms with Gasteiger partial charge in [0.25, 0.3) is 5.91 Å². The van der Waals surface area contributed by atoms with Gasteiger partial charge in [-0.25, -0.2) is 0 Å². The lowest BCUT2D eigenvalue weighted by atomic mass is 9.78. The summed E-state index contributed by atoms with van der Waals surface area (Å²) in [5.41, 5.74) is 2.10. The average Bonchev–Trinajstić information content (AvgIpc) is 2.53. The number of hydrogen-bond donors (Lipinski definition) is 1. The Morgan fingerprint density at radius 3 is 3.00 bits per heavy atom. The first-order valence-corrected chi connectivity index (χ1v) is 6.54. The van der Waals surface area contributed by atoms with Gasteiger partial charge in [-0.05, 0) is 37.0 Å². The quantitative estimate of drug-likeness (QED) is 0.797. The second kappa shape index (κ2) is 3.67. The smallest absolute Gasteiger partial charge is 0.273 e. The lowest BCUT2D eigenvalue weighted by Crippen LogP contribution is -2.52. The number of amidine groups is 1. The highest BCUT2D eigenvalue weighted by atomic mass is 79.9. The van der Waals surface area contributed by atoms with E-state index in [0.717, 1.165) is 29.6 Å². The van der Waals surface area contributed by atoms with E-state index in [1.807, 2.05) is 13.0 Å². The number of hydrogen-bond acceptors (Lipinski definition) is 2. The minimum Gasteiger partial charge on any atom is -0.359 e. The van der Waals surface area contributed by atoms with Crippen molar-refractivity contribution < 1.29 is 4.79 Å². The molecule has 0 radical (unpaired) electrons. The molecule has 88 valence electrons. The fraction of sp³-hybridized carbons (Fsp3) is 0.385. The number of benzene rings is 1. The Morgan fingerprint density at radius 1 is 1.47 bits per heavy atom. The SMILES string of the molecule is CC1=NC(=O)C2(CCc3c(Br)cccc3C2)N1. The van der Waals surface area contributed by atoms with E-state index >= 15 is 0 Å². The van der Waals surface area contributed by atoms with E-state index < -0.39 is 5.54 Å². The van der Waals surface area contributed by atoms with E-state index in [0.29, 0.717) is 0 Å². The first kappa shape index (κ1) is 11.0. The van der Waals surface area contributed by atoms with Crippen LogP contribution in [0.15, 0.2) is 27.7 Å². The molecule has 0 bridgehead atoms. The van der Waals surface area contributed by atoms with Crippen LogP contribution in [0.25, 0.3) is 0 Å². The molecule has 1 aromatic rings. The zero-order valence-electron chi connectivity index (χ0n) is 9.59. The molecule has 1 aliphatic heterocycles. The van der Waals surface area contributed by atoms with Crippen LogP contribution in [0.5, 0.6) is 0 Å². The van der Waals surface area contributed by atoms with Crippen LogP contribution < -0.4 is 5.32 Å². The number of aliphatic imine (C=N–C) groups is 1.